The Morgan fingerprint density at radius 1 is 1.14 bits per heavy atom. The van der Waals surface area contributed by atoms with Crippen LogP contribution in [0.5, 0.6) is 11.5 Å². The van der Waals surface area contributed by atoms with Crippen LogP contribution in [0.2, 0.25) is 5.02 Å². The molecule has 10 heteroatoms. The molecule has 1 unspecified atom stereocenters. The minimum atomic E-state index is -0.605. The zero-order valence-corrected chi connectivity index (χ0v) is 22.4. The van der Waals surface area contributed by atoms with Gasteiger partial charge in [-0.1, -0.05) is 51.8 Å². The fourth-order valence-corrected chi connectivity index (χ4v) is 4.72. The van der Waals surface area contributed by atoms with Gasteiger partial charge in [0.2, 0.25) is 5.95 Å². The minimum absolute atomic E-state index is 0.302. The molecule has 0 saturated heterocycles. The lowest BCUT2D eigenvalue weighted by molar-refractivity contribution is -0.113. The zero-order valence-electron chi connectivity index (χ0n) is 20.0. The zero-order chi connectivity index (χ0) is 25.9. The van der Waals surface area contributed by atoms with Crippen molar-refractivity contribution in [3.05, 3.63) is 105 Å². The Bertz CT molecular complexity index is 1490. The summed E-state index contributed by atoms with van der Waals surface area (Å²) in [5.41, 5.74) is 3.40. The molecule has 0 radical (unpaired) electrons. The predicted molar refractivity (Wildman–Crippen MR) is 146 cm³/mol. The number of halogens is 2. The van der Waals surface area contributed by atoms with E-state index in [2.05, 4.69) is 36.6 Å². The van der Waals surface area contributed by atoms with Crippen molar-refractivity contribution in [2.24, 2.45) is 0 Å². The molecule has 0 saturated carbocycles. The van der Waals surface area contributed by atoms with Gasteiger partial charge in [-0.05, 0) is 55.0 Å². The van der Waals surface area contributed by atoms with E-state index in [0.717, 1.165) is 15.6 Å². The van der Waals surface area contributed by atoms with E-state index in [0.29, 0.717) is 46.0 Å². The molecule has 5 rings (SSSR count). The Morgan fingerprint density at radius 2 is 1.92 bits per heavy atom. The number of hydrogen-bond acceptors (Lipinski definition) is 6. The Hall–Kier alpha value is -3.82. The summed E-state index contributed by atoms with van der Waals surface area (Å²) in [7, 11) is 1.56. The predicted octanol–water partition coefficient (Wildman–Crippen LogP) is 6.21. The topological polar surface area (TPSA) is 90.3 Å². The highest BCUT2D eigenvalue weighted by Crippen LogP contribution is 2.41. The first kappa shape index (κ1) is 24.9. The Labute approximate surface area is 227 Å². The molecule has 2 heterocycles. The molecule has 1 amide bonds. The quantitative estimate of drug-likeness (QED) is 0.270. The van der Waals surface area contributed by atoms with Crippen molar-refractivity contribution in [2.75, 3.05) is 17.7 Å². The number of nitrogens with one attached hydrogen (secondary N) is 2. The number of nitrogens with zero attached hydrogens (tertiary/aromatic N) is 3. The van der Waals surface area contributed by atoms with Crippen molar-refractivity contribution < 1.29 is 14.3 Å². The van der Waals surface area contributed by atoms with Crippen molar-refractivity contribution in [1.82, 2.24) is 14.8 Å². The van der Waals surface area contributed by atoms with Gasteiger partial charge in [-0.25, -0.2) is 4.68 Å². The molecule has 37 heavy (non-hydrogen) atoms. The van der Waals surface area contributed by atoms with Crippen molar-refractivity contribution in [1.29, 1.82) is 0 Å². The normalized spacial score (nSPS) is 14.5. The lowest BCUT2D eigenvalue weighted by Crippen LogP contribution is -2.32. The Morgan fingerprint density at radius 3 is 2.70 bits per heavy atom. The first-order valence-corrected chi connectivity index (χ1v) is 12.6. The van der Waals surface area contributed by atoms with Crippen LogP contribution >= 0.6 is 27.5 Å². The smallest absolute Gasteiger partial charge is 0.255 e. The fraction of sp³-hybridized carbons (Fsp3) is 0.148. The highest BCUT2D eigenvalue weighted by Gasteiger charge is 2.35. The third-order valence-electron chi connectivity index (χ3n) is 5.97. The van der Waals surface area contributed by atoms with Crippen LogP contribution in [0.15, 0.2) is 88.8 Å². The molecule has 8 nitrogen and oxygen atoms in total. The van der Waals surface area contributed by atoms with Crippen molar-refractivity contribution in [3.63, 3.8) is 0 Å². The van der Waals surface area contributed by atoms with E-state index < -0.39 is 6.04 Å². The number of allylic oxidation sites excluding steroid dienone is 1. The van der Waals surface area contributed by atoms with E-state index in [1.807, 2.05) is 61.5 Å². The number of rotatable bonds is 7. The van der Waals surface area contributed by atoms with Gasteiger partial charge in [0.1, 0.15) is 30.5 Å². The summed E-state index contributed by atoms with van der Waals surface area (Å²) < 4.78 is 14.2. The third-order valence-corrected chi connectivity index (χ3v) is 6.71. The van der Waals surface area contributed by atoms with Crippen LogP contribution in [0.3, 0.4) is 0 Å². The molecule has 4 aromatic rings. The van der Waals surface area contributed by atoms with Crippen molar-refractivity contribution in [3.8, 4) is 11.5 Å². The van der Waals surface area contributed by atoms with E-state index in [1.165, 1.54) is 6.33 Å². The lowest BCUT2D eigenvalue weighted by atomic mass is 9.94. The van der Waals surface area contributed by atoms with Crippen LogP contribution in [0.25, 0.3) is 0 Å². The van der Waals surface area contributed by atoms with Crippen LogP contribution in [-0.2, 0) is 11.4 Å². The van der Waals surface area contributed by atoms with E-state index in [-0.39, 0.29) is 5.91 Å². The van der Waals surface area contributed by atoms with E-state index in [4.69, 9.17) is 21.1 Å². The summed E-state index contributed by atoms with van der Waals surface area (Å²) in [6, 6.07) is 19.8. The van der Waals surface area contributed by atoms with Crippen LogP contribution in [0.1, 0.15) is 24.1 Å². The lowest BCUT2D eigenvalue weighted by Gasteiger charge is -2.30. The van der Waals surface area contributed by atoms with Gasteiger partial charge in [0.25, 0.3) is 5.91 Å². The number of carbonyl (C=O) groups is 1. The second kappa shape index (κ2) is 10.7. The van der Waals surface area contributed by atoms with Gasteiger partial charge in [-0.2, -0.15) is 10.1 Å². The summed E-state index contributed by atoms with van der Waals surface area (Å²) in [6.07, 6.45) is 1.45. The van der Waals surface area contributed by atoms with Crippen LogP contribution in [0.4, 0.5) is 11.6 Å². The van der Waals surface area contributed by atoms with E-state index >= 15 is 0 Å². The molecular weight excluding hydrogens is 558 g/mol. The molecule has 1 aliphatic rings. The highest BCUT2D eigenvalue weighted by molar-refractivity contribution is 9.10. The van der Waals surface area contributed by atoms with Crippen molar-refractivity contribution in [2.45, 2.75) is 19.6 Å². The maximum atomic E-state index is 13.8. The number of fused-ring (bicyclic) bond motifs is 1. The molecular formula is C27H23BrClN5O3. The molecule has 188 valence electrons. The summed E-state index contributed by atoms with van der Waals surface area (Å²) in [4.78, 5) is 18.1. The summed E-state index contributed by atoms with van der Waals surface area (Å²) in [5.74, 6) is 1.40. The minimum Gasteiger partial charge on any atom is -0.495 e. The highest BCUT2D eigenvalue weighted by atomic mass is 79.9. The average molecular weight is 581 g/mol. The molecule has 0 spiro atoms. The number of aromatic nitrogens is 3. The molecule has 2 N–H and O–H groups in total. The van der Waals surface area contributed by atoms with Gasteiger partial charge in [0.15, 0.2) is 0 Å². The number of methoxy groups -OCH3 is 1. The Kier molecular flexibility index (Phi) is 7.16. The molecule has 0 fully saturated rings. The van der Waals surface area contributed by atoms with Gasteiger partial charge in [-0.15, -0.1) is 0 Å². The molecule has 1 aromatic heterocycles. The van der Waals surface area contributed by atoms with Gasteiger partial charge >= 0.3 is 0 Å². The van der Waals surface area contributed by atoms with Gasteiger partial charge in [0.05, 0.1) is 18.4 Å². The maximum absolute atomic E-state index is 13.8. The number of para-hydroxylation sites is 2. The van der Waals surface area contributed by atoms with Crippen LogP contribution in [0, 0.1) is 0 Å². The number of hydrogen-bond donors (Lipinski definition) is 2. The largest absolute Gasteiger partial charge is 0.495 e. The number of carbonyl (C=O) groups excluding carboxylic acids is 1. The monoisotopic (exact) mass is 579 g/mol. The maximum Gasteiger partial charge on any atom is 0.255 e. The Balaban J connectivity index is 1.55. The second-order valence-electron chi connectivity index (χ2n) is 8.35. The fourth-order valence-electron chi connectivity index (χ4n) is 4.22. The molecule has 1 atom stereocenters. The standard InChI is InChI=1S/C27H23BrClN5O3/c1-16-24(26(35)33-21-5-3-4-6-23(21)36-2)25(34-27(32-16)30-15-31-34)20-13-18(28)9-12-22(20)37-14-17-7-10-19(29)11-8-17/h3-13,15,25H,14H2,1-2H3,(H,33,35)(H,30,31,32). The first-order chi connectivity index (χ1) is 17.9. The SMILES string of the molecule is COc1ccccc1NC(=O)C1=C(C)Nc2ncnn2C1c1cc(Br)ccc1OCc1ccc(Cl)cc1. The summed E-state index contributed by atoms with van der Waals surface area (Å²) in [5, 5.41) is 11.3. The van der Waals surface area contributed by atoms with Gasteiger partial charge < -0.3 is 20.1 Å². The summed E-state index contributed by atoms with van der Waals surface area (Å²) in [6.45, 7) is 2.17. The number of benzene rings is 3. The summed E-state index contributed by atoms with van der Waals surface area (Å²) >= 11 is 9.61. The third kappa shape index (κ3) is 5.19. The van der Waals surface area contributed by atoms with Crippen LogP contribution in [-0.4, -0.2) is 27.8 Å². The second-order valence-corrected chi connectivity index (χ2v) is 9.70. The molecule has 0 bridgehead atoms. The number of ether oxygens (including phenoxy) is 2. The van der Waals surface area contributed by atoms with E-state index in [1.54, 1.807) is 23.9 Å². The molecule has 1 aliphatic heterocycles. The van der Waals surface area contributed by atoms with Gasteiger partial charge in [0, 0.05) is 20.8 Å². The van der Waals surface area contributed by atoms with E-state index in [9.17, 15) is 4.79 Å². The number of amides is 1. The van der Waals surface area contributed by atoms with Crippen LogP contribution < -0.4 is 20.1 Å². The van der Waals surface area contributed by atoms with Crippen molar-refractivity contribution >= 4 is 45.1 Å². The average Bonchev–Trinajstić information content (AvgIpc) is 3.36. The molecule has 0 aliphatic carbocycles. The number of anilines is 2. The molecule has 3 aromatic carbocycles. The van der Waals surface area contributed by atoms with Gasteiger partial charge in [-0.3, -0.25) is 4.79 Å². The first-order valence-electron chi connectivity index (χ1n) is 11.4.